The number of nitrogens with one attached hydrogen (secondary N) is 1. The summed E-state index contributed by atoms with van der Waals surface area (Å²) in [5.74, 6) is 0.609. The van der Waals surface area contributed by atoms with Crippen molar-refractivity contribution in [2.24, 2.45) is 11.7 Å². The molecule has 1 aliphatic carbocycles. The zero-order valence-electron chi connectivity index (χ0n) is 9.47. The molecule has 3 heteroatoms. The Kier molecular flexibility index (Phi) is 3.53. The molecule has 0 aromatic heterocycles. The standard InChI is InChI=1S/C11H22N2O/c1-8(9-6-4-5-7-9)13-10(14)11(2,3)12/h8-9H,4-7,12H2,1-3H3,(H,13,14)/t8-/m1/s1. The predicted molar refractivity (Wildman–Crippen MR) is 57.8 cm³/mol. The minimum absolute atomic E-state index is 0.0445. The summed E-state index contributed by atoms with van der Waals surface area (Å²) in [6.07, 6.45) is 5.09. The smallest absolute Gasteiger partial charge is 0.239 e. The molecule has 1 amide bonds. The van der Waals surface area contributed by atoms with Gasteiger partial charge in [-0.3, -0.25) is 4.79 Å². The molecule has 0 saturated heterocycles. The first kappa shape index (κ1) is 11.5. The fourth-order valence-electron chi connectivity index (χ4n) is 1.97. The highest BCUT2D eigenvalue weighted by molar-refractivity contribution is 5.85. The van der Waals surface area contributed by atoms with Crippen molar-refractivity contribution in [1.29, 1.82) is 0 Å². The van der Waals surface area contributed by atoms with Crippen LogP contribution < -0.4 is 11.1 Å². The van der Waals surface area contributed by atoms with E-state index < -0.39 is 5.54 Å². The van der Waals surface area contributed by atoms with Gasteiger partial charge >= 0.3 is 0 Å². The van der Waals surface area contributed by atoms with Gasteiger partial charge in [-0.25, -0.2) is 0 Å². The molecule has 0 aromatic rings. The topological polar surface area (TPSA) is 55.1 Å². The van der Waals surface area contributed by atoms with Crippen LogP contribution in [-0.4, -0.2) is 17.5 Å². The summed E-state index contributed by atoms with van der Waals surface area (Å²) in [5, 5.41) is 3.00. The molecular weight excluding hydrogens is 176 g/mol. The number of hydrogen-bond acceptors (Lipinski definition) is 2. The van der Waals surface area contributed by atoms with E-state index in [1.54, 1.807) is 13.8 Å². The monoisotopic (exact) mass is 198 g/mol. The highest BCUT2D eigenvalue weighted by Crippen LogP contribution is 2.27. The minimum atomic E-state index is -0.757. The number of hydrogen-bond donors (Lipinski definition) is 2. The largest absolute Gasteiger partial charge is 0.352 e. The van der Waals surface area contributed by atoms with Crippen LogP contribution in [-0.2, 0) is 4.79 Å². The lowest BCUT2D eigenvalue weighted by atomic mass is 9.98. The molecule has 14 heavy (non-hydrogen) atoms. The quantitative estimate of drug-likeness (QED) is 0.720. The molecule has 1 fully saturated rings. The highest BCUT2D eigenvalue weighted by atomic mass is 16.2. The third-order valence-corrected chi connectivity index (χ3v) is 3.05. The summed E-state index contributed by atoms with van der Waals surface area (Å²) >= 11 is 0. The zero-order chi connectivity index (χ0) is 10.8. The van der Waals surface area contributed by atoms with Crippen LogP contribution in [0.5, 0.6) is 0 Å². The van der Waals surface area contributed by atoms with Gasteiger partial charge in [0.15, 0.2) is 0 Å². The lowest BCUT2D eigenvalue weighted by molar-refractivity contribution is -0.126. The normalized spacial score (nSPS) is 20.9. The van der Waals surface area contributed by atoms with Crippen LogP contribution in [0.2, 0.25) is 0 Å². The molecule has 0 spiro atoms. The fraction of sp³-hybridized carbons (Fsp3) is 0.909. The Balaban J connectivity index is 2.39. The second kappa shape index (κ2) is 4.30. The molecular formula is C11H22N2O. The Morgan fingerprint density at radius 2 is 1.93 bits per heavy atom. The number of carbonyl (C=O) groups excluding carboxylic acids is 1. The van der Waals surface area contributed by atoms with Crippen molar-refractivity contribution in [2.45, 2.75) is 58.0 Å². The fourth-order valence-corrected chi connectivity index (χ4v) is 1.97. The van der Waals surface area contributed by atoms with Crippen LogP contribution in [0.15, 0.2) is 0 Å². The van der Waals surface area contributed by atoms with Crippen LogP contribution in [0.1, 0.15) is 46.5 Å². The van der Waals surface area contributed by atoms with Crippen LogP contribution in [0, 0.1) is 5.92 Å². The minimum Gasteiger partial charge on any atom is -0.352 e. The summed E-state index contributed by atoms with van der Waals surface area (Å²) in [4.78, 5) is 11.6. The Morgan fingerprint density at radius 1 is 1.43 bits per heavy atom. The molecule has 0 unspecified atom stereocenters. The van der Waals surface area contributed by atoms with Gasteiger partial charge in [0.05, 0.1) is 5.54 Å². The highest BCUT2D eigenvalue weighted by Gasteiger charge is 2.27. The summed E-state index contributed by atoms with van der Waals surface area (Å²) in [6.45, 7) is 5.56. The summed E-state index contributed by atoms with van der Waals surface area (Å²) in [6, 6.07) is 0.271. The molecule has 1 aliphatic rings. The van der Waals surface area contributed by atoms with Crippen LogP contribution in [0.4, 0.5) is 0 Å². The lowest BCUT2D eigenvalue weighted by Crippen LogP contribution is -2.52. The van der Waals surface area contributed by atoms with E-state index in [0.29, 0.717) is 5.92 Å². The van der Waals surface area contributed by atoms with Gasteiger partial charge in [-0.05, 0) is 39.5 Å². The SMILES string of the molecule is C[C@@H](NC(=O)C(C)(C)N)C1CCCC1. The number of amides is 1. The van der Waals surface area contributed by atoms with E-state index in [-0.39, 0.29) is 11.9 Å². The predicted octanol–water partition coefficient (Wildman–Crippen LogP) is 1.42. The third kappa shape index (κ3) is 2.98. The van der Waals surface area contributed by atoms with Gasteiger partial charge < -0.3 is 11.1 Å². The van der Waals surface area contributed by atoms with Gasteiger partial charge in [-0.15, -0.1) is 0 Å². The molecule has 0 aromatic carbocycles. The molecule has 1 atom stereocenters. The van der Waals surface area contributed by atoms with E-state index in [0.717, 1.165) is 0 Å². The van der Waals surface area contributed by atoms with Crippen LogP contribution in [0.3, 0.4) is 0 Å². The molecule has 82 valence electrons. The van der Waals surface area contributed by atoms with Crippen molar-refractivity contribution in [2.75, 3.05) is 0 Å². The first-order valence-electron chi connectivity index (χ1n) is 5.51. The van der Waals surface area contributed by atoms with E-state index in [4.69, 9.17) is 5.73 Å². The number of nitrogens with two attached hydrogens (primary N) is 1. The van der Waals surface area contributed by atoms with Crippen LogP contribution in [0.25, 0.3) is 0 Å². The summed E-state index contributed by atoms with van der Waals surface area (Å²) in [5.41, 5.74) is 4.96. The molecule has 0 bridgehead atoms. The van der Waals surface area contributed by atoms with Crippen LogP contribution >= 0.6 is 0 Å². The molecule has 3 N–H and O–H groups in total. The maximum atomic E-state index is 11.6. The Morgan fingerprint density at radius 3 is 2.36 bits per heavy atom. The van der Waals surface area contributed by atoms with Gasteiger partial charge in [-0.1, -0.05) is 12.8 Å². The van der Waals surface area contributed by atoms with E-state index in [2.05, 4.69) is 12.2 Å². The van der Waals surface area contributed by atoms with E-state index in [9.17, 15) is 4.79 Å². The first-order valence-corrected chi connectivity index (χ1v) is 5.51. The maximum absolute atomic E-state index is 11.6. The zero-order valence-corrected chi connectivity index (χ0v) is 9.47. The van der Waals surface area contributed by atoms with Gasteiger partial charge in [0, 0.05) is 6.04 Å². The molecule has 1 saturated carbocycles. The number of carbonyl (C=O) groups is 1. The third-order valence-electron chi connectivity index (χ3n) is 3.05. The van der Waals surface area contributed by atoms with Gasteiger partial charge in [0.1, 0.15) is 0 Å². The van der Waals surface area contributed by atoms with E-state index in [1.165, 1.54) is 25.7 Å². The molecule has 0 aliphatic heterocycles. The van der Waals surface area contributed by atoms with Crippen molar-refractivity contribution in [3.8, 4) is 0 Å². The number of rotatable bonds is 3. The Labute approximate surface area is 86.4 Å². The maximum Gasteiger partial charge on any atom is 0.239 e. The van der Waals surface area contributed by atoms with Crippen molar-refractivity contribution < 1.29 is 4.79 Å². The van der Waals surface area contributed by atoms with Gasteiger partial charge in [0.2, 0.25) is 5.91 Å². The van der Waals surface area contributed by atoms with Crippen molar-refractivity contribution >= 4 is 5.91 Å². The summed E-state index contributed by atoms with van der Waals surface area (Å²) in [7, 11) is 0. The summed E-state index contributed by atoms with van der Waals surface area (Å²) < 4.78 is 0. The Bertz CT molecular complexity index is 202. The average molecular weight is 198 g/mol. The van der Waals surface area contributed by atoms with Gasteiger partial charge in [-0.2, -0.15) is 0 Å². The average Bonchev–Trinajstić information content (AvgIpc) is 2.53. The molecule has 0 heterocycles. The van der Waals surface area contributed by atoms with Gasteiger partial charge in [0.25, 0.3) is 0 Å². The van der Waals surface area contributed by atoms with Crippen molar-refractivity contribution in [3.63, 3.8) is 0 Å². The Hall–Kier alpha value is -0.570. The first-order chi connectivity index (χ1) is 6.41. The molecule has 3 nitrogen and oxygen atoms in total. The second-order valence-electron chi connectivity index (χ2n) is 5.03. The van der Waals surface area contributed by atoms with E-state index in [1.807, 2.05) is 0 Å². The van der Waals surface area contributed by atoms with E-state index >= 15 is 0 Å². The van der Waals surface area contributed by atoms with Crippen molar-refractivity contribution in [3.05, 3.63) is 0 Å². The lowest BCUT2D eigenvalue weighted by Gasteiger charge is -2.25. The van der Waals surface area contributed by atoms with Crippen molar-refractivity contribution in [1.82, 2.24) is 5.32 Å². The second-order valence-corrected chi connectivity index (χ2v) is 5.03. The molecule has 0 radical (unpaired) electrons. The molecule has 1 rings (SSSR count).